The highest BCUT2D eigenvalue weighted by Gasteiger charge is 2.49. The van der Waals surface area contributed by atoms with Gasteiger partial charge in [-0.15, -0.1) is 10.2 Å². The third-order valence-corrected chi connectivity index (χ3v) is 9.93. The molecule has 5 aromatic rings. The van der Waals surface area contributed by atoms with E-state index in [2.05, 4.69) is 15.2 Å². The van der Waals surface area contributed by atoms with Crippen molar-refractivity contribution in [2.75, 3.05) is 12.0 Å². The second kappa shape index (κ2) is 11.8. The molecule has 2 N–H and O–H groups in total. The topological polar surface area (TPSA) is 130 Å². The molecule has 6 rings (SSSR count). The first-order chi connectivity index (χ1) is 21.1. The highest BCUT2D eigenvalue weighted by Crippen LogP contribution is 2.46. The molecule has 224 valence electrons. The summed E-state index contributed by atoms with van der Waals surface area (Å²) < 4.78 is 7.64. The smallest absolute Gasteiger partial charge is 0.301 e. The van der Waals surface area contributed by atoms with Gasteiger partial charge in [-0.2, -0.15) is 0 Å². The molecule has 1 fully saturated rings. The number of aromatic nitrogens is 4. The van der Waals surface area contributed by atoms with E-state index in [1.807, 2.05) is 25.1 Å². The zero-order valence-corrected chi connectivity index (χ0v) is 26.6. The molecule has 1 amide bonds. The van der Waals surface area contributed by atoms with Gasteiger partial charge >= 0.3 is 5.91 Å². The van der Waals surface area contributed by atoms with E-state index in [0.29, 0.717) is 37.0 Å². The van der Waals surface area contributed by atoms with Crippen molar-refractivity contribution in [3.8, 4) is 11.5 Å². The number of phenolic OH excluding ortho intramolecular Hbond substituents is 1. The number of methoxy groups -OCH3 is 1. The Morgan fingerprint density at radius 3 is 2.64 bits per heavy atom. The summed E-state index contributed by atoms with van der Waals surface area (Å²) in [4.78, 5) is 33.2. The van der Waals surface area contributed by atoms with Crippen LogP contribution in [0.15, 0.2) is 64.6 Å². The number of hydrogen-bond acceptors (Lipinski definition) is 10. The number of phenols is 1. The summed E-state index contributed by atoms with van der Waals surface area (Å²) in [5, 5.41) is 31.6. The Hall–Kier alpha value is -4.10. The van der Waals surface area contributed by atoms with Gasteiger partial charge in [0.1, 0.15) is 11.3 Å². The fourth-order valence-corrected chi connectivity index (χ4v) is 7.45. The lowest BCUT2D eigenvalue weighted by atomic mass is 9.96. The zero-order valence-electron chi connectivity index (χ0n) is 23.4. The minimum atomic E-state index is -1.12. The third kappa shape index (κ3) is 5.17. The van der Waals surface area contributed by atoms with E-state index in [9.17, 15) is 19.8 Å². The van der Waals surface area contributed by atoms with Crippen LogP contribution in [0, 0.1) is 13.8 Å². The van der Waals surface area contributed by atoms with Gasteiger partial charge in [0.05, 0.1) is 24.4 Å². The SMILES string of the molecule is COc1cc(C2/C(=C(\O)c3nc4c(C)cccn4c3C)C(=O)C(=O)N2c2nnc(SCc3ccc(Cl)cc3Cl)s2)ccc1O. The number of ketones is 1. The van der Waals surface area contributed by atoms with Crippen LogP contribution in [0.4, 0.5) is 5.13 Å². The Bertz CT molecular complexity index is 2010. The second-order valence-electron chi connectivity index (χ2n) is 9.91. The largest absolute Gasteiger partial charge is 0.505 e. The Labute approximate surface area is 269 Å². The summed E-state index contributed by atoms with van der Waals surface area (Å²) in [5.74, 6) is -1.77. The van der Waals surface area contributed by atoms with E-state index in [1.165, 1.54) is 35.9 Å². The monoisotopic (exact) mass is 667 g/mol. The number of carbonyl (C=O) groups excluding carboxylic acids is 2. The number of nitrogens with zero attached hydrogens (tertiary/aromatic N) is 5. The fraction of sp³-hybridized carbons (Fsp3) is 0.167. The van der Waals surface area contributed by atoms with Crippen LogP contribution in [0.5, 0.6) is 11.5 Å². The number of benzene rings is 2. The Balaban J connectivity index is 1.45. The summed E-state index contributed by atoms with van der Waals surface area (Å²) in [6, 6.07) is 12.3. The molecular weight excluding hydrogens is 645 g/mol. The maximum Gasteiger partial charge on any atom is 0.301 e. The van der Waals surface area contributed by atoms with Gasteiger partial charge in [0.25, 0.3) is 5.78 Å². The number of Topliss-reactive ketones (excluding diaryl/α,β-unsaturated/α-hetero) is 1. The maximum atomic E-state index is 13.7. The number of imidazole rings is 1. The lowest BCUT2D eigenvalue weighted by molar-refractivity contribution is -0.132. The summed E-state index contributed by atoms with van der Waals surface area (Å²) in [7, 11) is 1.39. The number of rotatable bonds is 7. The molecule has 1 unspecified atom stereocenters. The van der Waals surface area contributed by atoms with Gasteiger partial charge in [0.2, 0.25) is 5.13 Å². The predicted octanol–water partition coefficient (Wildman–Crippen LogP) is 6.74. The molecule has 1 aliphatic rings. The normalized spacial score (nSPS) is 16.3. The molecule has 0 aliphatic carbocycles. The lowest BCUT2D eigenvalue weighted by Crippen LogP contribution is -2.29. The number of ether oxygens (including phenoxy) is 1. The molecule has 2 aromatic carbocycles. The summed E-state index contributed by atoms with van der Waals surface area (Å²) >= 11 is 14.8. The minimum absolute atomic E-state index is 0.126. The number of aryl methyl sites for hydroxylation is 2. The molecule has 14 heteroatoms. The van der Waals surface area contributed by atoms with Crippen LogP contribution < -0.4 is 9.64 Å². The van der Waals surface area contributed by atoms with Crippen molar-refractivity contribution in [2.45, 2.75) is 30.0 Å². The molecule has 1 saturated heterocycles. The molecule has 1 atom stereocenters. The Kier molecular flexibility index (Phi) is 8.01. The van der Waals surface area contributed by atoms with Crippen LogP contribution >= 0.6 is 46.3 Å². The van der Waals surface area contributed by atoms with Crippen LogP contribution in [-0.4, -0.2) is 48.6 Å². The molecule has 4 heterocycles. The lowest BCUT2D eigenvalue weighted by Gasteiger charge is -2.23. The van der Waals surface area contributed by atoms with E-state index >= 15 is 0 Å². The molecular formula is C30H23Cl2N5O5S2. The number of aromatic hydroxyl groups is 1. The Morgan fingerprint density at radius 1 is 1.11 bits per heavy atom. The van der Waals surface area contributed by atoms with E-state index in [-0.39, 0.29) is 27.9 Å². The first kappa shape index (κ1) is 29.9. The van der Waals surface area contributed by atoms with Crippen LogP contribution in [-0.2, 0) is 15.3 Å². The van der Waals surface area contributed by atoms with Crippen LogP contribution in [0.1, 0.15) is 34.1 Å². The highest BCUT2D eigenvalue weighted by atomic mass is 35.5. The molecule has 1 aliphatic heterocycles. The van der Waals surface area contributed by atoms with E-state index in [0.717, 1.165) is 22.5 Å². The number of thioether (sulfide) groups is 1. The number of aliphatic hydroxyl groups excluding tert-OH is 1. The van der Waals surface area contributed by atoms with E-state index in [4.69, 9.17) is 27.9 Å². The molecule has 3 aromatic heterocycles. The van der Waals surface area contributed by atoms with Crippen molar-refractivity contribution < 1.29 is 24.5 Å². The number of aliphatic hydroxyl groups is 1. The van der Waals surface area contributed by atoms with Gasteiger partial charge in [-0.3, -0.25) is 14.5 Å². The molecule has 0 spiro atoms. The van der Waals surface area contributed by atoms with Crippen molar-refractivity contribution in [2.24, 2.45) is 0 Å². The van der Waals surface area contributed by atoms with Gasteiger partial charge in [-0.25, -0.2) is 4.98 Å². The van der Waals surface area contributed by atoms with Crippen LogP contribution in [0.2, 0.25) is 10.0 Å². The Morgan fingerprint density at radius 2 is 1.91 bits per heavy atom. The quantitative estimate of drug-likeness (QED) is 0.0637. The summed E-state index contributed by atoms with van der Waals surface area (Å²) in [6.45, 7) is 3.66. The first-order valence-electron chi connectivity index (χ1n) is 13.1. The van der Waals surface area contributed by atoms with Crippen molar-refractivity contribution >= 4 is 74.5 Å². The average Bonchev–Trinajstić information content (AvgIpc) is 3.68. The number of halogens is 2. The van der Waals surface area contributed by atoms with Crippen LogP contribution in [0.3, 0.4) is 0 Å². The summed E-state index contributed by atoms with van der Waals surface area (Å²) in [5.41, 5.74) is 3.29. The number of anilines is 1. The third-order valence-electron chi connectivity index (χ3n) is 7.24. The number of fused-ring (bicyclic) bond motifs is 1. The molecule has 0 radical (unpaired) electrons. The molecule has 0 saturated carbocycles. The average molecular weight is 669 g/mol. The first-order valence-corrected chi connectivity index (χ1v) is 15.7. The van der Waals surface area contributed by atoms with Gasteiger partial charge in [0.15, 0.2) is 21.6 Å². The molecule has 10 nitrogen and oxygen atoms in total. The van der Waals surface area contributed by atoms with Gasteiger partial charge in [0, 0.05) is 22.0 Å². The number of carbonyl (C=O) groups is 2. The van der Waals surface area contributed by atoms with E-state index in [1.54, 1.807) is 35.7 Å². The van der Waals surface area contributed by atoms with Crippen molar-refractivity contribution in [1.29, 1.82) is 0 Å². The van der Waals surface area contributed by atoms with Crippen molar-refractivity contribution in [1.82, 2.24) is 19.6 Å². The van der Waals surface area contributed by atoms with Gasteiger partial charge in [-0.1, -0.05) is 64.5 Å². The van der Waals surface area contributed by atoms with Crippen LogP contribution in [0.25, 0.3) is 11.4 Å². The maximum absolute atomic E-state index is 13.7. The fourth-order valence-electron chi connectivity index (χ4n) is 5.02. The standard InChI is InChI=1S/C30H23Cl2N5O5S2/c1-14-5-4-10-36-15(2)23(33-27(14)36)25(39)22-24(16-7-9-20(38)21(11-16)42-3)37(28(41)26(22)40)29-34-35-30(44-29)43-13-17-6-8-18(31)12-19(17)32/h4-12,24,38-39H,13H2,1-3H3/b25-22+. The van der Waals surface area contributed by atoms with Gasteiger partial charge < -0.3 is 19.4 Å². The predicted molar refractivity (Wildman–Crippen MR) is 170 cm³/mol. The van der Waals surface area contributed by atoms with Gasteiger partial charge in [-0.05, 0) is 60.9 Å². The van der Waals surface area contributed by atoms with E-state index < -0.39 is 23.5 Å². The zero-order chi connectivity index (χ0) is 31.3. The van der Waals surface area contributed by atoms with Crippen molar-refractivity contribution in [3.63, 3.8) is 0 Å². The molecule has 0 bridgehead atoms. The van der Waals surface area contributed by atoms with Crippen molar-refractivity contribution in [3.05, 3.63) is 98.4 Å². The summed E-state index contributed by atoms with van der Waals surface area (Å²) in [6.07, 6.45) is 1.81. The number of hydrogen-bond donors (Lipinski definition) is 2. The second-order valence-corrected chi connectivity index (χ2v) is 12.9. The minimum Gasteiger partial charge on any atom is -0.505 e. The number of amides is 1. The number of pyridine rings is 1. The molecule has 44 heavy (non-hydrogen) atoms. The highest BCUT2D eigenvalue weighted by molar-refractivity contribution is 8.00.